The standard InChI is InChI=1S/C11H12F3N3O2/c1-6-8(9(18)19)4-15-10(16-6)17(7-2-3-7)5-11(12,13)14/h4,7H,2-3,5H2,1H3,(H,18,19). The van der Waals surface area contributed by atoms with Gasteiger partial charge in [-0.25, -0.2) is 14.8 Å². The minimum atomic E-state index is -4.34. The van der Waals surface area contributed by atoms with Crippen molar-refractivity contribution in [2.24, 2.45) is 0 Å². The normalized spacial score (nSPS) is 15.4. The molecule has 1 aliphatic rings. The summed E-state index contributed by atoms with van der Waals surface area (Å²) in [5, 5.41) is 8.83. The van der Waals surface area contributed by atoms with Crippen LogP contribution in [0.4, 0.5) is 19.1 Å². The monoisotopic (exact) mass is 275 g/mol. The zero-order chi connectivity index (χ0) is 14.2. The molecule has 104 valence electrons. The number of carboxylic acid groups (broad SMARTS) is 1. The molecule has 0 aromatic carbocycles. The maximum Gasteiger partial charge on any atom is 0.406 e. The first-order chi connectivity index (χ1) is 8.78. The quantitative estimate of drug-likeness (QED) is 0.910. The maximum absolute atomic E-state index is 12.5. The Morgan fingerprint density at radius 2 is 2.16 bits per heavy atom. The first-order valence-electron chi connectivity index (χ1n) is 5.68. The molecule has 0 bridgehead atoms. The number of hydrogen-bond donors (Lipinski definition) is 1. The fourth-order valence-electron chi connectivity index (χ4n) is 1.75. The summed E-state index contributed by atoms with van der Waals surface area (Å²) in [5.41, 5.74) is 0.0526. The summed E-state index contributed by atoms with van der Waals surface area (Å²) in [7, 11) is 0. The molecule has 1 N–H and O–H groups in total. The van der Waals surface area contributed by atoms with E-state index in [1.807, 2.05) is 0 Å². The third-order valence-electron chi connectivity index (χ3n) is 2.79. The number of carbonyl (C=O) groups is 1. The van der Waals surface area contributed by atoms with Crippen molar-refractivity contribution in [2.45, 2.75) is 32.0 Å². The van der Waals surface area contributed by atoms with Crippen molar-refractivity contribution in [1.29, 1.82) is 0 Å². The summed E-state index contributed by atoms with van der Waals surface area (Å²) >= 11 is 0. The van der Waals surface area contributed by atoms with Crippen molar-refractivity contribution < 1.29 is 23.1 Å². The second-order valence-electron chi connectivity index (χ2n) is 4.45. The molecule has 1 aromatic heterocycles. The predicted octanol–water partition coefficient (Wildman–Crippen LogP) is 2.01. The molecule has 1 saturated carbocycles. The van der Waals surface area contributed by atoms with Crippen LogP contribution in [0.1, 0.15) is 28.9 Å². The zero-order valence-electron chi connectivity index (χ0n) is 10.1. The molecule has 0 amide bonds. The van der Waals surface area contributed by atoms with Gasteiger partial charge in [-0.3, -0.25) is 0 Å². The number of halogens is 3. The first kappa shape index (κ1) is 13.6. The van der Waals surface area contributed by atoms with Crippen LogP contribution >= 0.6 is 0 Å². The Morgan fingerprint density at radius 1 is 1.53 bits per heavy atom. The molecule has 1 fully saturated rings. The van der Waals surface area contributed by atoms with E-state index < -0.39 is 18.7 Å². The van der Waals surface area contributed by atoms with Crippen LogP contribution < -0.4 is 4.90 Å². The Kier molecular flexibility index (Phi) is 3.34. The largest absolute Gasteiger partial charge is 0.478 e. The van der Waals surface area contributed by atoms with Crippen molar-refractivity contribution in [1.82, 2.24) is 9.97 Å². The molecule has 0 spiro atoms. The van der Waals surface area contributed by atoms with Gasteiger partial charge in [0.15, 0.2) is 0 Å². The molecule has 0 aliphatic heterocycles. The minimum Gasteiger partial charge on any atom is -0.478 e. The SMILES string of the molecule is Cc1nc(N(CC(F)(F)F)C2CC2)ncc1C(=O)O. The summed E-state index contributed by atoms with van der Waals surface area (Å²) in [4.78, 5) is 19.5. The molecule has 0 unspecified atom stereocenters. The van der Waals surface area contributed by atoms with Gasteiger partial charge in [-0.15, -0.1) is 0 Å². The van der Waals surface area contributed by atoms with Crippen LogP contribution in [0.3, 0.4) is 0 Å². The van der Waals surface area contributed by atoms with Gasteiger partial charge in [0.1, 0.15) is 6.54 Å². The van der Waals surface area contributed by atoms with Crippen molar-refractivity contribution in [3.05, 3.63) is 17.5 Å². The number of alkyl halides is 3. The Morgan fingerprint density at radius 3 is 2.58 bits per heavy atom. The molecular formula is C11H12F3N3O2. The van der Waals surface area contributed by atoms with Gasteiger partial charge in [-0.2, -0.15) is 13.2 Å². The molecule has 5 nitrogen and oxygen atoms in total. The molecule has 8 heteroatoms. The lowest BCUT2D eigenvalue weighted by Gasteiger charge is -2.23. The summed E-state index contributed by atoms with van der Waals surface area (Å²) in [6.07, 6.45) is -1.96. The van der Waals surface area contributed by atoms with Crippen LogP contribution in [-0.4, -0.2) is 39.8 Å². The van der Waals surface area contributed by atoms with E-state index in [9.17, 15) is 18.0 Å². The molecule has 1 aromatic rings. The number of carboxylic acids is 1. The Balaban J connectivity index is 2.27. The second kappa shape index (κ2) is 4.67. The van der Waals surface area contributed by atoms with Crippen LogP contribution in [0.25, 0.3) is 0 Å². The Hall–Kier alpha value is -1.86. The molecule has 1 heterocycles. The first-order valence-corrected chi connectivity index (χ1v) is 5.68. The van der Waals surface area contributed by atoms with E-state index in [4.69, 9.17) is 5.11 Å². The number of nitrogens with zero attached hydrogens (tertiary/aromatic N) is 3. The van der Waals surface area contributed by atoms with Crippen LogP contribution in [0, 0.1) is 6.92 Å². The number of rotatable bonds is 4. The van der Waals surface area contributed by atoms with Crippen LogP contribution in [0.2, 0.25) is 0 Å². The zero-order valence-corrected chi connectivity index (χ0v) is 10.1. The molecule has 2 rings (SSSR count). The van der Waals surface area contributed by atoms with Gasteiger partial charge in [-0.1, -0.05) is 0 Å². The summed E-state index contributed by atoms with van der Waals surface area (Å²) < 4.78 is 37.5. The van der Waals surface area contributed by atoms with Crippen molar-refractivity contribution in [2.75, 3.05) is 11.4 Å². The van der Waals surface area contributed by atoms with E-state index in [0.29, 0.717) is 12.8 Å². The lowest BCUT2D eigenvalue weighted by atomic mass is 10.2. The number of hydrogen-bond acceptors (Lipinski definition) is 4. The predicted molar refractivity (Wildman–Crippen MR) is 60.2 cm³/mol. The lowest BCUT2D eigenvalue weighted by molar-refractivity contribution is -0.120. The van der Waals surface area contributed by atoms with Gasteiger partial charge in [-0.05, 0) is 19.8 Å². The molecule has 0 radical (unpaired) electrons. The average Bonchev–Trinajstić information content (AvgIpc) is 3.07. The van der Waals surface area contributed by atoms with Gasteiger partial charge in [0, 0.05) is 12.2 Å². The summed E-state index contributed by atoms with van der Waals surface area (Å²) in [5.74, 6) is -1.26. The van der Waals surface area contributed by atoms with Gasteiger partial charge in [0.2, 0.25) is 5.95 Å². The van der Waals surface area contributed by atoms with E-state index in [0.717, 1.165) is 11.1 Å². The molecule has 0 saturated heterocycles. The fraction of sp³-hybridized carbons (Fsp3) is 0.545. The van der Waals surface area contributed by atoms with Gasteiger partial charge >= 0.3 is 12.1 Å². The smallest absolute Gasteiger partial charge is 0.406 e. The number of aryl methyl sites for hydroxylation is 1. The topological polar surface area (TPSA) is 66.3 Å². The van der Waals surface area contributed by atoms with Gasteiger partial charge < -0.3 is 10.0 Å². The van der Waals surface area contributed by atoms with Crippen LogP contribution in [-0.2, 0) is 0 Å². The average molecular weight is 275 g/mol. The van der Waals surface area contributed by atoms with Crippen molar-refractivity contribution in [3.63, 3.8) is 0 Å². The second-order valence-corrected chi connectivity index (χ2v) is 4.45. The highest BCUT2D eigenvalue weighted by atomic mass is 19.4. The lowest BCUT2D eigenvalue weighted by Crippen LogP contribution is -2.37. The number of anilines is 1. The third kappa shape index (κ3) is 3.33. The summed E-state index contributed by atoms with van der Waals surface area (Å²) in [6.45, 7) is 0.316. The maximum atomic E-state index is 12.5. The van der Waals surface area contributed by atoms with Crippen LogP contribution in [0.5, 0.6) is 0 Å². The summed E-state index contributed by atoms with van der Waals surface area (Å²) in [6, 6.07) is -0.211. The third-order valence-corrected chi connectivity index (χ3v) is 2.79. The van der Waals surface area contributed by atoms with Gasteiger partial charge in [0.05, 0.1) is 11.3 Å². The van der Waals surface area contributed by atoms with E-state index in [-0.39, 0.29) is 23.2 Å². The highest BCUT2D eigenvalue weighted by molar-refractivity contribution is 5.88. The highest BCUT2D eigenvalue weighted by Gasteiger charge is 2.39. The Bertz CT molecular complexity index is 500. The number of aromatic nitrogens is 2. The van der Waals surface area contributed by atoms with E-state index in [1.165, 1.54) is 6.92 Å². The van der Waals surface area contributed by atoms with E-state index >= 15 is 0 Å². The molecular weight excluding hydrogens is 263 g/mol. The molecule has 1 aliphatic carbocycles. The van der Waals surface area contributed by atoms with Crippen molar-refractivity contribution in [3.8, 4) is 0 Å². The van der Waals surface area contributed by atoms with Gasteiger partial charge in [0.25, 0.3) is 0 Å². The molecule has 19 heavy (non-hydrogen) atoms. The van der Waals surface area contributed by atoms with E-state index in [2.05, 4.69) is 9.97 Å². The minimum absolute atomic E-state index is 0.0673. The van der Waals surface area contributed by atoms with Crippen molar-refractivity contribution >= 4 is 11.9 Å². The highest BCUT2D eigenvalue weighted by Crippen LogP contribution is 2.32. The fourth-order valence-corrected chi connectivity index (χ4v) is 1.75. The van der Waals surface area contributed by atoms with Crippen LogP contribution in [0.15, 0.2) is 6.20 Å². The number of aromatic carboxylic acids is 1. The van der Waals surface area contributed by atoms with E-state index in [1.54, 1.807) is 0 Å². The Labute approximate surface area is 107 Å². The molecule has 0 atom stereocenters.